The van der Waals surface area contributed by atoms with E-state index in [1.165, 1.54) is 4.90 Å². The van der Waals surface area contributed by atoms with Crippen LogP contribution in [0.3, 0.4) is 0 Å². The van der Waals surface area contributed by atoms with Crippen LogP contribution in [0, 0.1) is 11.3 Å². The lowest BCUT2D eigenvalue weighted by Gasteiger charge is -2.15. The van der Waals surface area contributed by atoms with E-state index in [9.17, 15) is 4.79 Å². The zero-order valence-electron chi connectivity index (χ0n) is 11.3. The molecule has 1 aliphatic rings. The SMILES string of the molecule is CN(CCC#N)C(=O)CCOc1ccc2c(c1)OCO2. The second kappa shape index (κ2) is 6.66. The number of carbonyl (C=O) groups excluding carboxylic acids is 1. The number of amides is 1. The summed E-state index contributed by atoms with van der Waals surface area (Å²) in [6, 6.07) is 7.30. The Hall–Kier alpha value is -2.42. The van der Waals surface area contributed by atoms with Crippen LogP contribution in [0.15, 0.2) is 18.2 Å². The van der Waals surface area contributed by atoms with Crippen molar-refractivity contribution in [3.05, 3.63) is 18.2 Å². The van der Waals surface area contributed by atoms with Crippen molar-refractivity contribution in [3.63, 3.8) is 0 Å². The van der Waals surface area contributed by atoms with E-state index in [1.54, 1.807) is 25.2 Å². The Bertz CT molecular complexity index is 524. The first-order valence-electron chi connectivity index (χ1n) is 6.34. The summed E-state index contributed by atoms with van der Waals surface area (Å²) in [6.07, 6.45) is 0.613. The molecule has 0 saturated carbocycles. The highest BCUT2D eigenvalue weighted by molar-refractivity contribution is 5.76. The zero-order chi connectivity index (χ0) is 14.4. The minimum absolute atomic E-state index is 0.0407. The number of rotatable bonds is 6. The zero-order valence-corrected chi connectivity index (χ0v) is 11.3. The smallest absolute Gasteiger partial charge is 0.231 e. The molecule has 1 aromatic rings. The molecule has 1 amide bonds. The molecule has 20 heavy (non-hydrogen) atoms. The van der Waals surface area contributed by atoms with E-state index in [0.29, 0.717) is 30.2 Å². The van der Waals surface area contributed by atoms with Crippen LogP contribution in [0.4, 0.5) is 0 Å². The van der Waals surface area contributed by atoms with E-state index < -0.39 is 0 Å². The van der Waals surface area contributed by atoms with Crippen LogP contribution in [-0.2, 0) is 4.79 Å². The average molecular weight is 276 g/mol. The van der Waals surface area contributed by atoms with Crippen molar-refractivity contribution in [2.75, 3.05) is 27.0 Å². The van der Waals surface area contributed by atoms with Gasteiger partial charge < -0.3 is 19.1 Å². The van der Waals surface area contributed by atoms with E-state index in [1.807, 2.05) is 6.07 Å². The minimum Gasteiger partial charge on any atom is -0.493 e. The molecule has 0 saturated heterocycles. The fourth-order valence-electron chi connectivity index (χ4n) is 1.76. The molecule has 0 atom stereocenters. The highest BCUT2D eigenvalue weighted by Gasteiger charge is 2.14. The van der Waals surface area contributed by atoms with E-state index in [4.69, 9.17) is 19.5 Å². The number of hydrogen-bond acceptors (Lipinski definition) is 5. The molecule has 6 nitrogen and oxygen atoms in total. The molecule has 1 aliphatic heterocycles. The number of ether oxygens (including phenoxy) is 3. The third-order valence-electron chi connectivity index (χ3n) is 2.91. The Morgan fingerprint density at radius 1 is 1.45 bits per heavy atom. The standard InChI is InChI=1S/C14H16N2O4/c1-16(7-2-6-15)14(17)5-8-18-11-3-4-12-13(9-11)20-10-19-12/h3-4,9H,2,5,7-8,10H2,1H3. The van der Waals surface area contributed by atoms with Crippen molar-refractivity contribution in [1.82, 2.24) is 4.90 Å². The summed E-state index contributed by atoms with van der Waals surface area (Å²) in [5.74, 6) is 1.95. The molecule has 0 aromatic heterocycles. The molecule has 106 valence electrons. The Labute approximate surface area is 117 Å². The summed E-state index contributed by atoms with van der Waals surface area (Å²) in [5, 5.41) is 8.46. The molecule has 0 N–H and O–H groups in total. The van der Waals surface area contributed by atoms with Crippen molar-refractivity contribution in [2.24, 2.45) is 0 Å². The van der Waals surface area contributed by atoms with Gasteiger partial charge in [0.2, 0.25) is 12.7 Å². The van der Waals surface area contributed by atoms with Gasteiger partial charge >= 0.3 is 0 Å². The fourth-order valence-corrected chi connectivity index (χ4v) is 1.76. The van der Waals surface area contributed by atoms with Crippen LogP contribution in [0.25, 0.3) is 0 Å². The summed E-state index contributed by atoms with van der Waals surface area (Å²) in [7, 11) is 1.68. The fraction of sp³-hybridized carbons (Fsp3) is 0.429. The monoisotopic (exact) mass is 276 g/mol. The lowest BCUT2D eigenvalue weighted by molar-refractivity contribution is -0.130. The van der Waals surface area contributed by atoms with Gasteiger partial charge in [0.1, 0.15) is 5.75 Å². The second-order valence-electron chi connectivity index (χ2n) is 4.34. The van der Waals surface area contributed by atoms with Crippen molar-refractivity contribution < 1.29 is 19.0 Å². The first kappa shape index (κ1) is 14.0. The molecule has 1 heterocycles. The Morgan fingerprint density at radius 3 is 3.05 bits per heavy atom. The Morgan fingerprint density at radius 2 is 2.25 bits per heavy atom. The van der Waals surface area contributed by atoms with Gasteiger partial charge in [-0.15, -0.1) is 0 Å². The molecule has 2 rings (SSSR count). The van der Waals surface area contributed by atoms with Crippen molar-refractivity contribution >= 4 is 5.91 Å². The summed E-state index contributed by atoms with van der Waals surface area (Å²) >= 11 is 0. The van der Waals surface area contributed by atoms with Gasteiger partial charge in [-0.3, -0.25) is 4.79 Å². The van der Waals surface area contributed by atoms with Gasteiger partial charge in [-0.2, -0.15) is 5.26 Å². The third kappa shape index (κ3) is 3.54. The first-order chi connectivity index (χ1) is 9.70. The summed E-state index contributed by atoms with van der Waals surface area (Å²) in [4.78, 5) is 13.3. The van der Waals surface area contributed by atoms with E-state index in [2.05, 4.69) is 0 Å². The van der Waals surface area contributed by atoms with Gasteiger partial charge in [0, 0.05) is 19.7 Å². The van der Waals surface area contributed by atoms with Crippen LogP contribution in [0.2, 0.25) is 0 Å². The average Bonchev–Trinajstić information content (AvgIpc) is 2.92. The van der Waals surface area contributed by atoms with Crippen LogP contribution >= 0.6 is 0 Å². The predicted molar refractivity (Wildman–Crippen MR) is 70.5 cm³/mol. The van der Waals surface area contributed by atoms with E-state index in [-0.39, 0.29) is 25.7 Å². The van der Waals surface area contributed by atoms with Gasteiger partial charge in [0.25, 0.3) is 0 Å². The van der Waals surface area contributed by atoms with Crippen LogP contribution in [0.1, 0.15) is 12.8 Å². The van der Waals surface area contributed by atoms with Crippen LogP contribution < -0.4 is 14.2 Å². The highest BCUT2D eigenvalue weighted by atomic mass is 16.7. The molecule has 1 aromatic carbocycles. The maximum atomic E-state index is 11.7. The molecule has 0 bridgehead atoms. The Kier molecular flexibility index (Phi) is 4.66. The number of benzene rings is 1. The van der Waals surface area contributed by atoms with Crippen molar-refractivity contribution in [2.45, 2.75) is 12.8 Å². The molecule has 0 radical (unpaired) electrons. The number of nitriles is 1. The summed E-state index contributed by atoms with van der Waals surface area (Å²) in [6.45, 7) is 0.954. The maximum Gasteiger partial charge on any atom is 0.231 e. The number of carbonyl (C=O) groups is 1. The maximum absolute atomic E-state index is 11.7. The van der Waals surface area contributed by atoms with Crippen LogP contribution in [0.5, 0.6) is 17.2 Å². The summed E-state index contributed by atoms with van der Waals surface area (Å²) < 4.78 is 15.9. The third-order valence-corrected chi connectivity index (χ3v) is 2.91. The molecule has 0 aliphatic carbocycles. The normalized spacial score (nSPS) is 11.8. The van der Waals surface area contributed by atoms with Gasteiger partial charge in [0.15, 0.2) is 11.5 Å². The van der Waals surface area contributed by atoms with Gasteiger partial charge in [0.05, 0.1) is 25.5 Å². The lowest BCUT2D eigenvalue weighted by Crippen LogP contribution is -2.28. The Balaban J connectivity index is 1.76. The van der Waals surface area contributed by atoms with E-state index >= 15 is 0 Å². The van der Waals surface area contributed by atoms with Gasteiger partial charge in [-0.25, -0.2) is 0 Å². The first-order valence-corrected chi connectivity index (χ1v) is 6.34. The lowest BCUT2D eigenvalue weighted by atomic mass is 10.3. The van der Waals surface area contributed by atoms with Crippen molar-refractivity contribution in [1.29, 1.82) is 5.26 Å². The van der Waals surface area contributed by atoms with Crippen LogP contribution in [-0.4, -0.2) is 37.8 Å². The molecular formula is C14H16N2O4. The molecule has 0 unspecified atom stereocenters. The van der Waals surface area contributed by atoms with Gasteiger partial charge in [-0.1, -0.05) is 0 Å². The summed E-state index contributed by atoms with van der Waals surface area (Å²) in [5.41, 5.74) is 0. The second-order valence-corrected chi connectivity index (χ2v) is 4.34. The number of hydrogen-bond donors (Lipinski definition) is 0. The minimum atomic E-state index is -0.0407. The largest absolute Gasteiger partial charge is 0.493 e. The molecule has 6 heteroatoms. The molecular weight excluding hydrogens is 260 g/mol. The molecule has 0 fully saturated rings. The van der Waals surface area contributed by atoms with E-state index in [0.717, 1.165) is 0 Å². The number of fused-ring (bicyclic) bond motifs is 1. The number of nitrogens with zero attached hydrogens (tertiary/aromatic N) is 2. The highest BCUT2D eigenvalue weighted by Crippen LogP contribution is 2.35. The topological polar surface area (TPSA) is 71.8 Å². The van der Waals surface area contributed by atoms with Gasteiger partial charge in [-0.05, 0) is 12.1 Å². The quantitative estimate of drug-likeness (QED) is 0.788. The van der Waals surface area contributed by atoms with Crippen molar-refractivity contribution in [3.8, 4) is 23.3 Å². The molecule has 0 spiro atoms. The predicted octanol–water partition coefficient (Wildman–Crippen LogP) is 1.56.